The summed E-state index contributed by atoms with van der Waals surface area (Å²) < 4.78 is 0. The van der Waals surface area contributed by atoms with E-state index >= 15 is 0 Å². The molecule has 2 aromatic carbocycles. The van der Waals surface area contributed by atoms with Crippen LogP contribution in [0.3, 0.4) is 0 Å². The lowest BCUT2D eigenvalue weighted by molar-refractivity contribution is -0.118. The lowest BCUT2D eigenvalue weighted by Crippen LogP contribution is -2.48. The van der Waals surface area contributed by atoms with Gasteiger partial charge in [0.1, 0.15) is 0 Å². The summed E-state index contributed by atoms with van der Waals surface area (Å²) in [4.78, 5) is 31.3. The second-order valence-corrected chi connectivity index (χ2v) is 8.61. The van der Waals surface area contributed by atoms with Crippen LogP contribution in [0.25, 0.3) is 11.1 Å². The number of urea groups is 1. The molecule has 6 nitrogen and oxygen atoms in total. The Kier molecular flexibility index (Phi) is 6.77. The third-order valence-corrected chi connectivity index (χ3v) is 5.87. The second kappa shape index (κ2) is 9.73. The zero-order chi connectivity index (χ0) is 23.5. The highest BCUT2D eigenvalue weighted by Gasteiger charge is 2.34. The third kappa shape index (κ3) is 4.77. The Hall–Kier alpha value is -3.22. The maximum Gasteiger partial charge on any atom is 0.352 e. The number of halogens is 2. The summed E-state index contributed by atoms with van der Waals surface area (Å²) in [6.45, 7) is 4.03. The van der Waals surface area contributed by atoms with Crippen molar-refractivity contribution in [3.8, 4) is 11.1 Å². The summed E-state index contributed by atoms with van der Waals surface area (Å²) in [6.07, 6.45) is 5.74. The van der Waals surface area contributed by atoms with Crippen LogP contribution in [-0.2, 0) is 11.3 Å². The molecule has 33 heavy (non-hydrogen) atoms. The van der Waals surface area contributed by atoms with Gasteiger partial charge in [0.25, 0.3) is 0 Å². The van der Waals surface area contributed by atoms with Crippen molar-refractivity contribution >= 4 is 47.0 Å². The Morgan fingerprint density at radius 1 is 1.18 bits per heavy atom. The third-order valence-electron chi connectivity index (χ3n) is 5.27. The van der Waals surface area contributed by atoms with Gasteiger partial charge in [-0.15, -0.1) is 0 Å². The number of fused-ring (bicyclic) bond motifs is 1. The lowest BCUT2D eigenvalue weighted by Gasteiger charge is -2.33. The zero-order valence-corrected chi connectivity index (χ0v) is 19.8. The van der Waals surface area contributed by atoms with E-state index in [4.69, 9.17) is 23.2 Å². The summed E-state index contributed by atoms with van der Waals surface area (Å²) in [7, 11) is 0. The van der Waals surface area contributed by atoms with Gasteiger partial charge >= 0.3 is 6.03 Å². The maximum atomic E-state index is 13.2. The van der Waals surface area contributed by atoms with E-state index in [1.807, 2.05) is 44.2 Å². The summed E-state index contributed by atoms with van der Waals surface area (Å²) >= 11 is 13.0. The van der Waals surface area contributed by atoms with Crippen LogP contribution < -0.4 is 4.90 Å². The van der Waals surface area contributed by atoms with E-state index in [-0.39, 0.29) is 18.9 Å². The number of hydrogen-bond acceptors (Lipinski definition) is 4. The molecular formula is C25H22Cl2N4O2. The molecule has 0 radical (unpaired) electrons. The molecule has 0 bridgehead atoms. The fraction of sp³-hybridized carbons (Fsp3) is 0.200. The molecule has 1 aromatic heterocycles. The molecule has 1 aliphatic rings. The van der Waals surface area contributed by atoms with Crippen LogP contribution in [-0.4, -0.2) is 28.1 Å². The van der Waals surface area contributed by atoms with Crippen molar-refractivity contribution in [1.82, 2.24) is 9.99 Å². The molecule has 0 fully saturated rings. The molecule has 0 saturated heterocycles. The molecule has 2 heterocycles. The predicted molar refractivity (Wildman–Crippen MR) is 132 cm³/mol. The molecule has 0 saturated carbocycles. The first kappa shape index (κ1) is 23.0. The van der Waals surface area contributed by atoms with Gasteiger partial charge in [-0.2, -0.15) is 5.10 Å². The van der Waals surface area contributed by atoms with Crippen molar-refractivity contribution < 1.29 is 9.59 Å². The molecular weight excluding hydrogens is 459 g/mol. The zero-order valence-electron chi connectivity index (χ0n) is 18.3. The summed E-state index contributed by atoms with van der Waals surface area (Å²) in [5.74, 6) is -0.274. The minimum absolute atomic E-state index is 0.204. The van der Waals surface area contributed by atoms with E-state index in [0.29, 0.717) is 27.7 Å². The molecule has 1 aliphatic heterocycles. The first-order valence-electron chi connectivity index (χ1n) is 10.6. The Bertz CT molecular complexity index is 1220. The van der Waals surface area contributed by atoms with E-state index in [1.54, 1.807) is 30.7 Å². The average molecular weight is 481 g/mol. The molecule has 0 atom stereocenters. The first-order chi connectivity index (χ1) is 15.9. The minimum atomic E-state index is -0.486. The van der Waals surface area contributed by atoms with Crippen molar-refractivity contribution in [2.75, 3.05) is 4.90 Å². The molecule has 0 aliphatic carbocycles. The number of carbonyl (C=O) groups is 2. The topological polar surface area (TPSA) is 65.9 Å². The molecule has 168 valence electrons. The SMILES string of the molecule is CCCC(=O)N1C(=O)N(/N=C/c2cccnc2)Cc2cc(-c3c(Cl)cc(C)cc3Cl)ccc21. The van der Waals surface area contributed by atoms with Crippen molar-refractivity contribution in [2.24, 2.45) is 5.10 Å². The standard InChI is InChI=1S/C25H22Cl2N4O2/c1-3-5-23(32)31-22-8-7-18(24-20(26)10-16(2)11-21(24)27)12-19(22)15-30(25(31)33)29-14-17-6-4-9-28-13-17/h4,6-14H,3,5,15H2,1-2H3/b29-14+. The number of benzene rings is 2. The van der Waals surface area contributed by atoms with Gasteiger partial charge < -0.3 is 0 Å². The van der Waals surface area contributed by atoms with E-state index in [1.165, 1.54) is 9.91 Å². The van der Waals surface area contributed by atoms with Gasteiger partial charge in [-0.25, -0.2) is 14.7 Å². The van der Waals surface area contributed by atoms with Crippen LogP contribution >= 0.6 is 23.2 Å². The van der Waals surface area contributed by atoms with Gasteiger partial charge in [0.2, 0.25) is 5.91 Å². The number of hydrazone groups is 1. The Balaban J connectivity index is 1.77. The van der Waals surface area contributed by atoms with E-state index in [0.717, 1.165) is 22.3 Å². The number of aromatic nitrogens is 1. The fourth-order valence-electron chi connectivity index (χ4n) is 3.75. The summed E-state index contributed by atoms with van der Waals surface area (Å²) in [6, 6.07) is 12.3. The van der Waals surface area contributed by atoms with Crippen LogP contribution in [0.2, 0.25) is 10.0 Å². The smallest absolute Gasteiger partial charge is 0.274 e. The molecule has 4 rings (SSSR count). The minimum Gasteiger partial charge on any atom is -0.274 e. The number of hydrogen-bond donors (Lipinski definition) is 0. The van der Waals surface area contributed by atoms with Crippen LogP contribution in [0, 0.1) is 6.92 Å². The van der Waals surface area contributed by atoms with Gasteiger partial charge in [0, 0.05) is 29.9 Å². The summed E-state index contributed by atoms with van der Waals surface area (Å²) in [5, 5.41) is 6.71. The van der Waals surface area contributed by atoms with E-state index < -0.39 is 6.03 Å². The van der Waals surface area contributed by atoms with Gasteiger partial charge in [-0.05, 0) is 60.4 Å². The molecule has 0 spiro atoms. The molecule has 3 amide bonds. The molecule has 0 unspecified atom stereocenters. The Labute approximate surface area is 202 Å². The normalized spacial score (nSPS) is 13.5. The molecule has 8 heteroatoms. The average Bonchev–Trinajstić information content (AvgIpc) is 2.78. The van der Waals surface area contributed by atoms with Crippen LogP contribution in [0.15, 0.2) is 60.0 Å². The van der Waals surface area contributed by atoms with Gasteiger partial charge in [0.15, 0.2) is 0 Å². The summed E-state index contributed by atoms with van der Waals surface area (Å²) in [5.41, 5.74) is 4.54. The second-order valence-electron chi connectivity index (χ2n) is 7.80. The highest BCUT2D eigenvalue weighted by atomic mass is 35.5. The predicted octanol–water partition coefficient (Wildman–Crippen LogP) is 6.47. The van der Waals surface area contributed by atoms with E-state index in [2.05, 4.69) is 10.1 Å². The van der Waals surface area contributed by atoms with Crippen molar-refractivity contribution in [3.63, 3.8) is 0 Å². The van der Waals surface area contributed by atoms with Gasteiger partial charge in [-0.1, -0.05) is 42.3 Å². The fourth-order valence-corrected chi connectivity index (χ4v) is 4.57. The van der Waals surface area contributed by atoms with Crippen LogP contribution in [0.4, 0.5) is 10.5 Å². The van der Waals surface area contributed by atoms with Gasteiger partial charge in [-0.3, -0.25) is 9.78 Å². The monoisotopic (exact) mass is 480 g/mol. The molecule has 0 N–H and O–H groups in total. The molecule has 3 aromatic rings. The number of anilines is 1. The maximum absolute atomic E-state index is 13.2. The van der Waals surface area contributed by atoms with Crippen LogP contribution in [0.1, 0.15) is 36.5 Å². The highest BCUT2D eigenvalue weighted by Crippen LogP contribution is 2.39. The Morgan fingerprint density at radius 3 is 2.61 bits per heavy atom. The lowest BCUT2D eigenvalue weighted by atomic mass is 9.99. The van der Waals surface area contributed by atoms with Crippen molar-refractivity contribution in [2.45, 2.75) is 33.2 Å². The number of amides is 3. The van der Waals surface area contributed by atoms with Crippen molar-refractivity contribution in [3.05, 3.63) is 81.6 Å². The van der Waals surface area contributed by atoms with Crippen LogP contribution in [0.5, 0.6) is 0 Å². The van der Waals surface area contributed by atoms with Gasteiger partial charge in [0.05, 0.1) is 28.5 Å². The number of nitrogens with zero attached hydrogens (tertiary/aromatic N) is 4. The number of pyridine rings is 1. The number of imide groups is 1. The number of aryl methyl sites for hydroxylation is 1. The first-order valence-corrected chi connectivity index (χ1v) is 11.3. The van der Waals surface area contributed by atoms with Crippen molar-refractivity contribution in [1.29, 1.82) is 0 Å². The quantitative estimate of drug-likeness (QED) is 0.393. The highest BCUT2D eigenvalue weighted by molar-refractivity contribution is 6.39. The largest absolute Gasteiger partial charge is 0.352 e. The Morgan fingerprint density at radius 2 is 1.94 bits per heavy atom. The number of rotatable bonds is 5. The number of carbonyl (C=O) groups excluding carboxylic acids is 2. The van der Waals surface area contributed by atoms with E-state index in [9.17, 15) is 9.59 Å².